The summed E-state index contributed by atoms with van der Waals surface area (Å²) in [5.74, 6) is 1.24. The number of hydrogen-bond acceptors (Lipinski definition) is 7. The highest BCUT2D eigenvalue weighted by atomic mass is 16.5. The Bertz CT molecular complexity index is 2350. The number of aromatic nitrogens is 5. The van der Waals surface area contributed by atoms with Crippen LogP contribution < -0.4 is 5.32 Å². The van der Waals surface area contributed by atoms with Gasteiger partial charge >= 0.3 is 0 Å². The van der Waals surface area contributed by atoms with Gasteiger partial charge in [0.05, 0.1) is 36.1 Å². The van der Waals surface area contributed by atoms with Crippen LogP contribution >= 0.6 is 0 Å². The molecule has 3 amide bonds. The molecule has 12 heteroatoms. The molecular formula is C46H46N8O4. The minimum Gasteiger partial charge on any atom is -0.368 e. The zero-order valence-electron chi connectivity index (χ0n) is 32.2. The Morgan fingerprint density at radius 2 is 1.47 bits per heavy atom. The number of nitrogens with one attached hydrogen (secondary N) is 3. The quantitative estimate of drug-likeness (QED) is 0.127. The molecule has 3 aliphatic rings. The molecule has 3 saturated heterocycles. The SMILES string of the molecule is O=C(Cc1cccnc1)N[C@@H](C(=O)N1CCC[C@H]1c1ncc(-c2ccc(-c3ccc(-c4c[nH]c([C@@H]5CCCN5C(=O)[C@H]5CCCO5)n4)cc3)cc2)[nH]1)c1ccccc1. The molecule has 6 heterocycles. The largest absolute Gasteiger partial charge is 0.368 e. The number of benzene rings is 3. The minimum absolute atomic E-state index is 0.0522. The van der Waals surface area contributed by atoms with Crippen LogP contribution in [0.5, 0.6) is 0 Å². The molecule has 4 atom stereocenters. The first-order chi connectivity index (χ1) is 28.5. The second kappa shape index (κ2) is 16.6. The molecule has 12 nitrogen and oxygen atoms in total. The molecule has 58 heavy (non-hydrogen) atoms. The highest BCUT2D eigenvalue weighted by Crippen LogP contribution is 2.36. The average molecular weight is 775 g/mol. The summed E-state index contributed by atoms with van der Waals surface area (Å²) in [6.45, 7) is 1.97. The van der Waals surface area contributed by atoms with Gasteiger partial charge in [-0.25, -0.2) is 9.97 Å². The Balaban J connectivity index is 0.856. The maximum Gasteiger partial charge on any atom is 0.252 e. The summed E-state index contributed by atoms with van der Waals surface area (Å²) in [7, 11) is 0. The van der Waals surface area contributed by atoms with Gasteiger partial charge in [-0.2, -0.15) is 0 Å². The van der Waals surface area contributed by atoms with E-state index in [2.05, 4.69) is 68.8 Å². The summed E-state index contributed by atoms with van der Waals surface area (Å²) in [4.78, 5) is 65.0. The lowest BCUT2D eigenvalue weighted by atomic mass is 10.0. The van der Waals surface area contributed by atoms with Gasteiger partial charge in [0.2, 0.25) is 11.8 Å². The molecule has 3 aromatic heterocycles. The van der Waals surface area contributed by atoms with Crippen molar-refractivity contribution < 1.29 is 19.1 Å². The topological polar surface area (TPSA) is 149 Å². The number of pyridine rings is 1. The maximum atomic E-state index is 14.2. The van der Waals surface area contributed by atoms with E-state index in [9.17, 15) is 14.4 Å². The third-order valence-electron chi connectivity index (χ3n) is 11.6. The fraction of sp³-hybridized carbons (Fsp3) is 0.304. The lowest BCUT2D eigenvalue weighted by molar-refractivity contribution is -0.142. The Kier molecular flexibility index (Phi) is 10.6. The lowest BCUT2D eigenvalue weighted by Gasteiger charge is -2.28. The van der Waals surface area contributed by atoms with Crippen LogP contribution in [0.1, 0.15) is 79.4 Å². The highest BCUT2D eigenvalue weighted by molar-refractivity contribution is 5.90. The number of carbonyl (C=O) groups is 3. The van der Waals surface area contributed by atoms with Crippen LogP contribution in [-0.2, 0) is 25.5 Å². The third-order valence-corrected chi connectivity index (χ3v) is 11.6. The van der Waals surface area contributed by atoms with Crippen molar-refractivity contribution in [2.75, 3.05) is 19.7 Å². The molecule has 3 N–H and O–H groups in total. The zero-order valence-corrected chi connectivity index (χ0v) is 32.2. The van der Waals surface area contributed by atoms with Crippen molar-refractivity contribution in [1.82, 2.24) is 40.0 Å². The predicted octanol–water partition coefficient (Wildman–Crippen LogP) is 7.14. The number of rotatable bonds is 11. The molecule has 294 valence electrons. The van der Waals surface area contributed by atoms with Gasteiger partial charge in [0.25, 0.3) is 5.91 Å². The number of aromatic amines is 2. The van der Waals surface area contributed by atoms with E-state index in [-0.39, 0.29) is 42.3 Å². The number of amides is 3. The number of imidazole rings is 2. The molecule has 6 aromatic rings. The summed E-state index contributed by atoms with van der Waals surface area (Å²) >= 11 is 0. The predicted molar refractivity (Wildman–Crippen MR) is 219 cm³/mol. The van der Waals surface area contributed by atoms with Crippen molar-refractivity contribution in [3.63, 3.8) is 0 Å². The number of H-pyrrole nitrogens is 2. The second-order valence-electron chi connectivity index (χ2n) is 15.3. The first-order valence-electron chi connectivity index (χ1n) is 20.3. The number of ether oxygens (including phenoxy) is 1. The van der Waals surface area contributed by atoms with Gasteiger partial charge in [0.15, 0.2) is 0 Å². The van der Waals surface area contributed by atoms with Crippen LogP contribution in [-0.4, -0.2) is 78.2 Å². The standard InChI is InChI=1S/C46H46N8O4/c55-41(26-30-8-4-22-47-27-30)52-42(35-9-2-1-3-10-35)46(57)54-24-6-12-39(54)44-49-29-37(51-44)34-20-16-32(17-21-34)31-14-18-33(19-15-31)36-28-48-43(50-36)38-11-5-23-53(38)45(56)40-13-7-25-58-40/h1-4,8-10,14-22,27-29,38-40,42H,5-7,11-13,23-26H2,(H,48,50)(H,49,51)(H,52,55)/t38-,39-,40+,42+/m0/s1. The van der Waals surface area contributed by atoms with Gasteiger partial charge in [0, 0.05) is 43.9 Å². The first-order valence-corrected chi connectivity index (χ1v) is 20.3. The fourth-order valence-corrected chi connectivity index (χ4v) is 8.57. The molecule has 0 aliphatic carbocycles. The molecular weight excluding hydrogens is 729 g/mol. The van der Waals surface area contributed by atoms with Crippen LogP contribution in [0.4, 0.5) is 0 Å². The van der Waals surface area contributed by atoms with Gasteiger partial charge in [-0.1, -0.05) is 84.9 Å². The summed E-state index contributed by atoms with van der Waals surface area (Å²) < 4.78 is 5.68. The molecule has 9 rings (SSSR count). The molecule has 3 aromatic carbocycles. The summed E-state index contributed by atoms with van der Waals surface area (Å²) in [6.07, 6.45) is 12.1. The number of nitrogens with zero attached hydrogens (tertiary/aromatic N) is 5. The Hall–Kier alpha value is -6.40. The van der Waals surface area contributed by atoms with E-state index in [4.69, 9.17) is 14.7 Å². The number of likely N-dealkylation sites (tertiary alicyclic amines) is 2. The van der Waals surface area contributed by atoms with Gasteiger partial charge in [-0.3, -0.25) is 19.4 Å². The highest BCUT2D eigenvalue weighted by Gasteiger charge is 2.38. The van der Waals surface area contributed by atoms with Crippen molar-refractivity contribution in [1.29, 1.82) is 0 Å². The molecule has 0 saturated carbocycles. The van der Waals surface area contributed by atoms with Crippen LogP contribution in [0.2, 0.25) is 0 Å². The normalized spacial score (nSPS) is 19.7. The number of carbonyl (C=O) groups excluding carboxylic acids is 3. The van der Waals surface area contributed by atoms with Crippen LogP contribution in [0.25, 0.3) is 33.6 Å². The first kappa shape index (κ1) is 37.2. The van der Waals surface area contributed by atoms with E-state index in [0.717, 1.165) is 101 Å². The van der Waals surface area contributed by atoms with Crippen LogP contribution in [0.15, 0.2) is 116 Å². The van der Waals surface area contributed by atoms with E-state index in [0.29, 0.717) is 13.2 Å². The Morgan fingerprint density at radius 3 is 2.17 bits per heavy atom. The number of hydrogen-bond donors (Lipinski definition) is 3. The Labute approximate surface area is 337 Å². The monoisotopic (exact) mass is 774 g/mol. The van der Waals surface area contributed by atoms with Gasteiger partial charge in [-0.15, -0.1) is 0 Å². The zero-order chi connectivity index (χ0) is 39.4. The molecule has 0 bridgehead atoms. The van der Waals surface area contributed by atoms with Crippen molar-refractivity contribution in [3.8, 4) is 33.6 Å². The van der Waals surface area contributed by atoms with Gasteiger partial charge in [0.1, 0.15) is 23.8 Å². The maximum absolute atomic E-state index is 14.2. The van der Waals surface area contributed by atoms with E-state index >= 15 is 0 Å². The third kappa shape index (κ3) is 7.79. The Morgan fingerprint density at radius 1 is 0.759 bits per heavy atom. The molecule has 0 spiro atoms. The van der Waals surface area contributed by atoms with Crippen molar-refractivity contribution in [2.45, 2.75) is 69.2 Å². The van der Waals surface area contributed by atoms with Crippen molar-refractivity contribution >= 4 is 17.7 Å². The summed E-state index contributed by atoms with van der Waals surface area (Å²) in [5.41, 5.74) is 7.40. The molecule has 3 fully saturated rings. The minimum atomic E-state index is -0.824. The molecule has 0 unspecified atom stereocenters. The van der Waals surface area contributed by atoms with Crippen LogP contribution in [0.3, 0.4) is 0 Å². The smallest absolute Gasteiger partial charge is 0.252 e. The summed E-state index contributed by atoms with van der Waals surface area (Å²) in [6, 6.07) is 28.6. The summed E-state index contributed by atoms with van der Waals surface area (Å²) in [5, 5.41) is 3.01. The van der Waals surface area contributed by atoms with Crippen LogP contribution in [0, 0.1) is 0 Å². The molecule has 3 aliphatic heterocycles. The fourth-order valence-electron chi connectivity index (χ4n) is 8.57. The average Bonchev–Trinajstić information content (AvgIpc) is 4.13. The van der Waals surface area contributed by atoms with E-state index < -0.39 is 6.04 Å². The molecule has 0 radical (unpaired) electrons. The van der Waals surface area contributed by atoms with Gasteiger partial charge < -0.3 is 29.8 Å². The lowest BCUT2D eigenvalue weighted by Crippen LogP contribution is -2.43. The van der Waals surface area contributed by atoms with E-state index in [1.165, 1.54) is 0 Å². The van der Waals surface area contributed by atoms with E-state index in [1.54, 1.807) is 18.5 Å². The van der Waals surface area contributed by atoms with E-state index in [1.807, 2.05) is 58.6 Å². The van der Waals surface area contributed by atoms with Crippen molar-refractivity contribution in [3.05, 3.63) is 139 Å². The second-order valence-corrected chi connectivity index (χ2v) is 15.3. The van der Waals surface area contributed by atoms with Crippen molar-refractivity contribution in [2.24, 2.45) is 0 Å². The van der Waals surface area contributed by atoms with Gasteiger partial charge in [-0.05, 0) is 72.4 Å².